The van der Waals surface area contributed by atoms with Crippen LogP contribution in [0, 0.1) is 17.3 Å². The Labute approximate surface area is 114 Å². The number of aliphatic carboxylic acids is 1. The molecule has 1 saturated carbocycles. The summed E-state index contributed by atoms with van der Waals surface area (Å²) in [5, 5.41) is 13.9. The van der Waals surface area contributed by atoms with Gasteiger partial charge in [0, 0.05) is 19.2 Å². The number of rotatable bonds is 2. The van der Waals surface area contributed by atoms with Crippen LogP contribution in [-0.4, -0.2) is 20.9 Å². The van der Waals surface area contributed by atoms with E-state index >= 15 is 0 Å². The fourth-order valence-corrected chi connectivity index (χ4v) is 3.21. The highest BCUT2D eigenvalue weighted by atomic mass is 16.4. The lowest BCUT2D eigenvalue weighted by Gasteiger charge is -2.40. The van der Waals surface area contributed by atoms with E-state index < -0.39 is 5.97 Å². The number of carbonyl (C=O) groups is 1. The maximum absolute atomic E-state index is 11.5. The molecule has 0 bridgehead atoms. The summed E-state index contributed by atoms with van der Waals surface area (Å²) in [6.45, 7) is 6.73. The van der Waals surface area contributed by atoms with Crippen LogP contribution >= 0.6 is 0 Å². The van der Waals surface area contributed by atoms with E-state index in [-0.39, 0.29) is 17.3 Å². The number of hydrogen-bond donors (Lipinski definition) is 1. The van der Waals surface area contributed by atoms with Gasteiger partial charge in [0.15, 0.2) is 0 Å². The van der Waals surface area contributed by atoms with Crippen molar-refractivity contribution in [3.63, 3.8) is 0 Å². The van der Waals surface area contributed by atoms with Crippen molar-refractivity contribution in [1.82, 2.24) is 9.78 Å². The lowest BCUT2D eigenvalue weighted by molar-refractivity contribution is -0.144. The average Bonchev–Trinajstić information content (AvgIpc) is 2.73. The van der Waals surface area contributed by atoms with Crippen molar-refractivity contribution in [3.05, 3.63) is 18.0 Å². The average molecular weight is 264 g/mol. The van der Waals surface area contributed by atoms with Gasteiger partial charge in [-0.2, -0.15) is 5.10 Å². The van der Waals surface area contributed by atoms with Crippen LogP contribution in [0.2, 0.25) is 0 Å². The van der Waals surface area contributed by atoms with E-state index in [1.807, 2.05) is 19.3 Å². The molecule has 3 unspecified atom stereocenters. The molecule has 4 heteroatoms. The van der Waals surface area contributed by atoms with Crippen molar-refractivity contribution in [2.45, 2.75) is 46.0 Å². The normalized spacial score (nSPS) is 28.3. The molecule has 0 spiro atoms. The first-order valence-electron chi connectivity index (χ1n) is 7.01. The van der Waals surface area contributed by atoms with Gasteiger partial charge in [-0.1, -0.05) is 20.8 Å². The monoisotopic (exact) mass is 264 g/mol. The zero-order chi connectivity index (χ0) is 14.2. The third-order valence-corrected chi connectivity index (χ3v) is 4.51. The second kappa shape index (κ2) is 4.99. The highest BCUT2D eigenvalue weighted by Crippen LogP contribution is 2.46. The van der Waals surface area contributed by atoms with Crippen molar-refractivity contribution in [1.29, 1.82) is 0 Å². The molecule has 0 aromatic carbocycles. The molecule has 0 aliphatic heterocycles. The first-order valence-corrected chi connectivity index (χ1v) is 7.01. The molecule has 1 aromatic rings. The maximum Gasteiger partial charge on any atom is 0.307 e. The lowest BCUT2D eigenvalue weighted by atomic mass is 9.65. The third kappa shape index (κ3) is 2.99. The van der Waals surface area contributed by atoms with Crippen LogP contribution in [0.4, 0.5) is 0 Å². The molecule has 1 fully saturated rings. The Balaban J connectivity index is 2.25. The fourth-order valence-electron chi connectivity index (χ4n) is 3.21. The molecule has 4 nitrogen and oxygen atoms in total. The summed E-state index contributed by atoms with van der Waals surface area (Å²) in [6.07, 6.45) is 4.59. The molecule has 1 N–H and O–H groups in total. The van der Waals surface area contributed by atoms with Crippen molar-refractivity contribution < 1.29 is 9.90 Å². The van der Waals surface area contributed by atoms with Gasteiger partial charge in [-0.25, -0.2) is 0 Å². The number of carboxylic acid groups (broad SMARTS) is 1. The summed E-state index contributed by atoms with van der Waals surface area (Å²) in [4.78, 5) is 11.5. The summed E-state index contributed by atoms with van der Waals surface area (Å²) in [7, 11) is 1.88. The molecule has 0 saturated heterocycles. The van der Waals surface area contributed by atoms with Crippen molar-refractivity contribution in [2.24, 2.45) is 24.3 Å². The molecule has 0 radical (unpaired) electrons. The maximum atomic E-state index is 11.5. The SMILES string of the molecule is Cn1ccc(C2CC(C(C)(C)C)CCC2C(=O)O)n1. The van der Waals surface area contributed by atoms with Crippen LogP contribution in [0.15, 0.2) is 12.3 Å². The van der Waals surface area contributed by atoms with Crippen molar-refractivity contribution >= 4 is 5.97 Å². The molecule has 0 amide bonds. The van der Waals surface area contributed by atoms with Gasteiger partial charge in [0.1, 0.15) is 0 Å². The van der Waals surface area contributed by atoms with Gasteiger partial charge in [-0.3, -0.25) is 9.48 Å². The lowest BCUT2D eigenvalue weighted by Crippen LogP contribution is -2.34. The van der Waals surface area contributed by atoms with E-state index in [0.717, 1.165) is 25.0 Å². The Hall–Kier alpha value is -1.32. The van der Waals surface area contributed by atoms with Gasteiger partial charge < -0.3 is 5.11 Å². The Morgan fingerprint density at radius 3 is 2.58 bits per heavy atom. The van der Waals surface area contributed by atoms with E-state index in [4.69, 9.17) is 0 Å². The molecule has 106 valence electrons. The van der Waals surface area contributed by atoms with Gasteiger partial charge in [0.2, 0.25) is 0 Å². The molecular formula is C15H24N2O2. The highest BCUT2D eigenvalue weighted by molar-refractivity contribution is 5.71. The van der Waals surface area contributed by atoms with Crippen LogP contribution in [0.5, 0.6) is 0 Å². The quantitative estimate of drug-likeness (QED) is 0.893. The number of aryl methyl sites for hydroxylation is 1. The van der Waals surface area contributed by atoms with Gasteiger partial charge in [0.25, 0.3) is 0 Å². The van der Waals surface area contributed by atoms with E-state index in [1.54, 1.807) is 4.68 Å². The smallest absolute Gasteiger partial charge is 0.307 e. The number of hydrogen-bond acceptors (Lipinski definition) is 2. The summed E-state index contributed by atoms with van der Waals surface area (Å²) < 4.78 is 1.76. The zero-order valence-electron chi connectivity index (χ0n) is 12.3. The first kappa shape index (κ1) is 14.1. The Morgan fingerprint density at radius 1 is 1.42 bits per heavy atom. The Kier molecular flexibility index (Phi) is 3.70. The second-order valence-electron chi connectivity index (χ2n) is 6.84. The standard InChI is InChI=1S/C15H24N2O2/c1-15(2,3)10-5-6-11(14(18)19)12(9-10)13-7-8-17(4)16-13/h7-8,10-12H,5-6,9H2,1-4H3,(H,18,19). The van der Waals surface area contributed by atoms with Crippen molar-refractivity contribution in [2.75, 3.05) is 0 Å². The molecule has 1 aliphatic carbocycles. The van der Waals surface area contributed by atoms with Gasteiger partial charge in [-0.05, 0) is 36.7 Å². The van der Waals surface area contributed by atoms with Crippen molar-refractivity contribution in [3.8, 4) is 0 Å². The molecular weight excluding hydrogens is 240 g/mol. The zero-order valence-corrected chi connectivity index (χ0v) is 12.3. The topological polar surface area (TPSA) is 55.1 Å². The molecule has 1 heterocycles. The predicted molar refractivity (Wildman–Crippen MR) is 73.9 cm³/mol. The summed E-state index contributed by atoms with van der Waals surface area (Å²) in [6, 6.07) is 1.96. The number of nitrogens with zero attached hydrogens (tertiary/aromatic N) is 2. The molecule has 19 heavy (non-hydrogen) atoms. The Bertz CT molecular complexity index is 459. The van der Waals surface area contributed by atoms with Crippen LogP contribution in [0.25, 0.3) is 0 Å². The van der Waals surface area contributed by atoms with Gasteiger partial charge in [-0.15, -0.1) is 0 Å². The predicted octanol–water partition coefficient (Wildman–Crippen LogP) is 3.05. The van der Waals surface area contributed by atoms with E-state index in [0.29, 0.717) is 5.92 Å². The summed E-state index contributed by atoms with van der Waals surface area (Å²) in [5.41, 5.74) is 1.17. The minimum atomic E-state index is -0.678. The molecule has 3 atom stereocenters. The molecule has 2 rings (SSSR count). The van der Waals surface area contributed by atoms with E-state index in [1.165, 1.54) is 0 Å². The van der Waals surface area contributed by atoms with Crippen LogP contribution < -0.4 is 0 Å². The third-order valence-electron chi connectivity index (χ3n) is 4.51. The molecule has 1 aliphatic rings. The second-order valence-corrected chi connectivity index (χ2v) is 6.84. The van der Waals surface area contributed by atoms with E-state index in [2.05, 4.69) is 25.9 Å². The summed E-state index contributed by atoms with van der Waals surface area (Å²) >= 11 is 0. The minimum Gasteiger partial charge on any atom is -0.481 e. The Morgan fingerprint density at radius 2 is 2.11 bits per heavy atom. The summed E-state index contributed by atoms with van der Waals surface area (Å²) in [5.74, 6) is -0.344. The van der Waals surface area contributed by atoms with Crippen LogP contribution in [0.3, 0.4) is 0 Å². The van der Waals surface area contributed by atoms with Crippen LogP contribution in [-0.2, 0) is 11.8 Å². The number of aromatic nitrogens is 2. The van der Waals surface area contributed by atoms with Gasteiger partial charge in [0.05, 0.1) is 11.6 Å². The minimum absolute atomic E-state index is 0.0525. The molecule has 1 aromatic heterocycles. The number of carboxylic acids is 1. The van der Waals surface area contributed by atoms with Crippen LogP contribution in [0.1, 0.15) is 51.6 Å². The van der Waals surface area contributed by atoms with Gasteiger partial charge >= 0.3 is 5.97 Å². The van der Waals surface area contributed by atoms with E-state index in [9.17, 15) is 9.90 Å². The highest BCUT2D eigenvalue weighted by Gasteiger charge is 2.40. The first-order chi connectivity index (χ1) is 8.79. The largest absolute Gasteiger partial charge is 0.481 e. The fraction of sp³-hybridized carbons (Fsp3) is 0.733.